The first-order valence-corrected chi connectivity index (χ1v) is 8.50. The highest BCUT2D eigenvalue weighted by atomic mass is 32.2. The predicted molar refractivity (Wildman–Crippen MR) is 96.0 cm³/mol. The SMILES string of the molecule is C=C/C(C)=C(/CN(CCOC)C(=O)c1cc(C)[nH]c(=O)c1)SC. The number of hydrogen-bond acceptors (Lipinski definition) is 4. The van der Waals surface area contributed by atoms with Gasteiger partial charge < -0.3 is 14.6 Å². The molecule has 0 saturated heterocycles. The first kappa shape index (κ1) is 19.3. The van der Waals surface area contributed by atoms with Gasteiger partial charge in [-0.3, -0.25) is 9.59 Å². The molecule has 0 bridgehead atoms. The number of allylic oxidation sites excluding steroid dienone is 2. The Hall–Kier alpha value is -1.79. The summed E-state index contributed by atoms with van der Waals surface area (Å²) in [4.78, 5) is 29.8. The molecule has 0 unspecified atom stereocenters. The zero-order valence-electron chi connectivity index (χ0n) is 14.1. The van der Waals surface area contributed by atoms with Crippen molar-refractivity contribution in [1.82, 2.24) is 9.88 Å². The minimum Gasteiger partial charge on any atom is -0.383 e. The molecule has 0 radical (unpaired) electrons. The third-order valence-corrected chi connectivity index (χ3v) is 4.35. The molecule has 0 aliphatic rings. The van der Waals surface area contributed by atoms with E-state index in [1.54, 1.807) is 42.8 Å². The van der Waals surface area contributed by atoms with E-state index in [4.69, 9.17) is 4.74 Å². The lowest BCUT2D eigenvalue weighted by atomic mass is 10.2. The van der Waals surface area contributed by atoms with Crippen molar-refractivity contribution in [3.63, 3.8) is 0 Å². The Kier molecular flexibility index (Phi) is 7.85. The molecule has 0 aliphatic heterocycles. The number of aromatic amines is 1. The molecule has 1 N–H and O–H groups in total. The van der Waals surface area contributed by atoms with E-state index in [1.165, 1.54) is 6.07 Å². The summed E-state index contributed by atoms with van der Waals surface area (Å²) in [5.74, 6) is -0.181. The Morgan fingerprint density at radius 1 is 1.48 bits per heavy atom. The number of thioether (sulfide) groups is 1. The molecule has 1 rings (SSSR count). The Balaban J connectivity index is 3.12. The van der Waals surface area contributed by atoms with Gasteiger partial charge in [-0.15, -0.1) is 11.8 Å². The summed E-state index contributed by atoms with van der Waals surface area (Å²) in [6.07, 6.45) is 3.75. The Morgan fingerprint density at radius 2 is 2.17 bits per heavy atom. The fourth-order valence-corrected chi connectivity index (χ4v) is 2.77. The summed E-state index contributed by atoms with van der Waals surface area (Å²) >= 11 is 1.59. The van der Waals surface area contributed by atoms with E-state index in [0.29, 0.717) is 31.0 Å². The highest BCUT2D eigenvalue weighted by Crippen LogP contribution is 2.20. The number of aryl methyl sites for hydroxylation is 1. The van der Waals surface area contributed by atoms with Crippen molar-refractivity contribution in [1.29, 1.82) is 0 Å². The summed E-state index contributed by atoms with van der Waals surface area (Å²) in [5, 5.41) is 0. The average molecular weight is 336 g/mol. The van der Waals surface area contributed by atoms with Crippen molar-refractivity contribution in [3.05, 3.63) is 56.9 Å². The maximum atomic E-state index is 12.8. The Bertz CT molecular complexity index is 649. The van der Waals surface area contributed by atoms with Gasteiger partial charge in [-0.2, -0.15) is 0 Å². The quantitative estimate of drug-likeness (QED) is 0.741. The number of aromatic nitrogens is 1. The molecule has 5 nitrogen and oxygen atoms in total. The average Bonchev–Trinajstić information content (AvgIpc) is 2.53. The number of amides is 1. The zero-order valence-corrected chi connectivity index (χ0v) is 15.0. The number of nitrogens with one attached hydrogen (secondary N) is 1. The van der Waals surface area contributed by atoms with Crippen LogP contribution in [0.15, 0.2) is 40.1 Å². The van der Waals surface area contributed by atoms with Gasteiger partial charge in [-0.1, -0.05) is 12.7 Å². The summed E-state index contributed by atoms with van der Waals surface area (Å²) < 4.78 is 5.10. The number of hydrogen-bond donors (Lipinski definition) is 1. The van der Waals surface area contributed by atoms with Gasteiger partial charge in [0.25, 0.3) is 5.91 Å². The number of rotatable bonds is 8. The van der Waals surface area contributed by atoms with Gasteiger partial charge in [0, 0.05) is 35.9 Å². The molecule has 23 heavy (non-hydrogen) atoms. The monoisotopic (exact) mass is 336 g/mol. The van der Waals surface area contributed by atoms with Gasteiger partial charge in [0.05, 0.1) is 13.2 Å². The molecule has 1 heterocycles. The van der Waals surface area contributed by atoms with E-state index >= 15 is 0 Å². The van der Waals surface area contributed by atoms with Crippen LogP contribution in [0.3, 0.4) is 0 Å². The van der Waals surface area contributed by atoms with Crippen LogP contribution in [-0.4, -0.2) is 48.9 Å². The minimum absolute atomic E-state index is 0.181. The van der Waals surface area contributed by atoms with Crippen LogP contribution in [0.4, 0.5) is 0 Å². The molecule has 0 aliphatic carbocycles. The fourth-order valence-electron chi connectivity index (χ4n) is 2.08. The summed E-state index contributed by atoms with van der Waals surface area (Å²) in [7, 11) is 1.60. The van der Waals surface area contributed by atoms with Crippen molar-refractivity contribution in [2.75, 3.05) is 33.1 Å². The molecular weight excluding hydrogens is 312 g/mol. The zero-order chi connectivity index (χ0) is 17.4. The summed E-state index contributed by atoms with van der Waals surface area (Å²) in [6.45, 7) is 8.86. The molecule has 0 spiro atoms. The molecule has 0 atom stereocenters. The van der Waals surface area contributed by atoms with Gasteiger partial charge in [-0.25, -0.2) is 0 Å². The first-order chi connectivity index (χ1) is 10.9. The third-order valence-electron chi connectivity index (χ3n) is 3.41. The molecule has 0 fully saturated rings. The minimum atomic E-state index is -0.275. The van der Waals surface area contributed by atoms with Gasteiger partial charge in [0.2, 0.25) is 5.56 Å². The van der Waals surface area contributed by atoms with Crippen LogP contribution >= 0.6 is 11.8 Å². The van der Waals surface area contributed by atoms with E-state index in [0.717, 1.165) is 10.5 Å². The Labute approximate surface area is 141 Å². The number of carbonyl (C=O) groups is 1. The number of H-pyrrole nitrogens is 1. The normalized spacial score (nSPS) is 11.8. The van der Waals surface area contributed by atoms with Gasteiger partial charge in [0.15, 0.2) is 0 Å². The van der Waals surface area contributed by atoms with Gasteiger partial charge in [-0.05, 0) is 31.7 Å². The van der Waals surface area contributed by atoms with E-state index in [2.05, 4.69) is 11.6 Å². The lowest BCUT2D eigenvalue weighted by Gasteiger charge is -2.24. The molecule has 1 aromatic heterocycles. The van der Waals surface area contributed by atoms with Gasteiger partial charge >= 0.3 is 0 Å². The summed E-state index contributed by atoms with van der Waals surface area (Å²) in [5.41, 5.74) is 1.81. The molecule has 126 valence electrons. The molecule has 6 heteroatoms. The van der Waals surface area contributed by atoms with Crippen LogP contribution in [0, 0.1) is 6.92 Å². The number of pyridine rings is 1. The maximum absolute atomic E-state index is 12.8. The molecular formula is C17H24N2O3S. The van der Waals surface area contributed by atoms with Crippen LogP contribution in [0.1, 0.15) is 23.0 Å². The smallest absolute Gasteiger partial charge is 0.254 e. The van der Waals surface area contributed by atoms with Crippen LogP contribution in [-0.2, 0) is 4.74 Å². The van der Waals surface area contributed by atoms with E-state index in [1.807, 2.05) is 13.2 Å². The Morgan fingerprint density at radius 3 is 2.70 bits per heavy atom. The van der Waals surface area contributed by atoms with Crippen molar-refractivity contribution in [3.8, 4) is 0 Å². The predicted octanol–water partition coefficient (Wildman–Crippen LogP) is 2.59. The van der Waals surface area contributed by atoms with Crippen LogP contribution < -0.4 is 5.56 Å². The topological polar surface area (TPSA) is 62.4 Å². The highest BCUT2D eigenvalue weighted by molar-refractivity contribution is 8.02. The second kappa shape index (κ2) is 9.37. The van der Waals surface area contributed by atoms with Crippen molar-refractivity contribution in [2.45, 2.75) is 13.8 Å². The van der Waals surface area contributed by atoms with E-state index in [9.17, 15) is 9.59 Å². The van der Waals surface area contributed by atoms with E-state index in [-0.39, 0.29) is 11.5 Å². The second-order valence-electron chi connectivity index (χ2n) is 5.15. The van der Waals surface area contributed by atoms with Crippen molar-refractivity contribution in [2.24, 2.45) is 0 Å². The van der Waals surface area contributed by atoms with Gasteiger partial charge in [0.1, 0.15) is 0 Å². The standard InChI is InChI=1S/C17H24N2O3S/c1-6-12(2)15(23-5)11-19(7-8-22-4)17(21)14-9-13(3)18-16(20)10-14/h6,9-10H,1,7-8,11H2,2-5H3,(H,18,20)/b15-12-. The third kappa shape index (κ3) is 5.73. The van der Waals surface area contributed by atoms with Crippen LogP contribution in [0.2, 0.25) is 0 Å². The molecule has 0 aromatic carbocycles. The lowest BCUT2D eigenvalue weighted by molar-refractivity contribution is 0.0716. The maximum Gasteiger partial charge on any atom is 0.254 e. The lowest BCUT2D eigenvalue weighted by Crippen LogP contribution is -2.36. The summed E-state index contributed by atoms with van der Waals surface area (Å²) in [6, 6.07) is 3.02. The molecule has 0 saturated carbocycles. The fraction of sp³-hybridized carbons (Fsp3) is 0.412. The van der Waals surface area contributed by atoms with E-state index < -0.39 is 0 Å². The largest absolute Gasteiger partial charge is 0.383 e. The first-order valence-electron chi connectivity index (χ1n) is 7.28. The van der Waals surface area contributed by atoms with Crippen molar-refractivity contribution >= 4 is 17.7 Å². The number of methoxy groups -OCH3 is 1. The van der Waals surface area contributed by atoms with Crippen molar-refractivity contribution < 1.29 is 9.53 Å². The number of ether oxygens (including phenoxy) is 1. The highest BCUT2D eigenvalue weighted by Gasteiger charge is 2.18. The number of carbonyl (C=O) groups excluding carboxylic acids is 1. The second-order valence-corrected chi connectivity index (χ2v) is 6.05. The molecule has 1 aromatic rings. The van der Waals surface area contributed by atoms with Crippen LogP contribution in [0.25, 0.3) is 0 Å². The van der Waals surface area contributed by atoms with Crippen LogP contribution in [0.5, 0.6) is 0 Å². The number of nitrogens with zero attached hydrogens (tertiary/aromatic N) is 1. The molecule has 1 amide bonds.